The van der Waals surface area contributed by atoms with E-state index < -0.39 is 11.8 Å². The lowest BCUT2D eigenvalue weighted by Crippen LogP contribution is -2.31. The molecule has 5 nitrogen and oxygen atoms in total. The SMILES string of the molecule is Cc1ccc(NC2=C(c3ccc(Cl)cc3Cl)C(=O)N(Cc3ccco3)C2=O)cc1C. The molecule has 152 valence electrons. The molecular formula is C23H18Cl2N2O3. The van der Waals surface area contributed by atoms with Crippen molar-refractivity contribution in [1.29, 1.82) is 0 Å². The number of nitrogens with zero attached hydrogens (tertiary/aromatic N) is 1. The number of anilines is 1. The molecule has 0 saturated carbocycles. The normalized spacial score (nSPS) is 14.1. The Kier molecular flexibility index (Phi) is 5.41. The second-order valence-electron chi connectivity index (χ2n) is 7.07. The summed E-state index contributed by atoms with van der Waals surface area (Å²) in [7, 11) is 0. The molecule has 7 heteroatoms. The van der Waals surface area contributed by atoms with Gasteiger partial charge in [-0.1, -0.05) is 35.3 Å². The molecule has 0 bridgehead atoms. The van der Waals surface area contributed by atoms with E-state index in [-0.39, 0.29) is 22.8 Å². The Morgan fingerprint density at radius 2 is 1.77 bits per heavy atom. The Labute approximate surface area is 183 Å². The molecule has 1 N–H and O–H groups in total. The molecule has 30 heavy (non-hydrogen) atoms. The maximum atomic E-state index is 13.3. The Balaban J connectivity index is 1.80. The van der Waals surface area contributed by atoms with Crippen LogP contribution in [-0.4, -0.2) is 16.7 Å². The molecular weight excluding hydrogens is 423 g/mol. The number of imide groups is 1. The van der Waals surface area contributed by atoms with E-state index >= 15 is 0 Å². The first-order chi connectivity index (χ1) is 14.3. The summed E-state index contributed by atoms with van der Waals surface area (Å²) in [6, 6.07) is 14.0. The lowest BCUT2D eigenvalue weighted by Gasteiger charge is -2.14. The van der Waals surface area contributed by atoms with Gasteiger partial charge in [-0.15, -0.1) is 0 Å². The average molecular weight is 441 g/mol. The van der Waals surface area contributed by atoms with Crippen molar-refractivity contribution < 1.29 is 14.0 Å². The van der Waals surface area contributed by atoms with E-state index in [1.165, 1.54) is 6.26 Å². The fourth-order valence-corrected chi connectivity index (χ4v) is 3.80. The lowest BCUT2D eigenvalue weighted by molar-refractivity contribution is -0.137. The summed E-state index contributed by atoms with van der Waals surface area (Å²) in [4.78, 5) is 27.7. The Bertz CT molecular complexity index is 1180. The maximum Gasteiger partial charge on any atom is 0.278 e. The Hall–Kier alpha value is -3.02. The van der Waals surface area contributed by atoms with Gasteiger partial charge in [-0.3, -0.25) is 14.5 Å². The zero-order valence-corrected chi connectivity index (χ0v) is 17.8. The molecule has 1 aliphatic rings. The topological polar surface area (TPSA) is 62.6 Å². The number of hydrogen-bond donors (Lipinski definition) is 1. The van der Waals surface area contributed by atoms with Crippen molar-refractivity contribution in [3.8, 4) is 0 Å². The van der Waals surface area contributed by atoms with Crippen molar-refractivity contribution in [2.75, 3.05) is 5.32 Å². The van der Waals surface area contributed by atoms with Gasteiger partial charge in [0.25, 0.3) is 11.8 Å². The first-order valence-electron chi connectivity index (χ1n) is 9.27. The van der Waals surface area contributed by atoms with Crippen LogP contribution in [0.5, 0.6) is 0 Å². The molecule has 0 saturated heterocycles. The molecule has 3 aromatic rings. The predicted molar refractivity (Wildman–Crippen MR) is 117 cm³/mol. The third kappa shape index (κ3) is 3.74. The van der Waals surface area contributed by atoms with Crippen LogP contribution in [0.25, 0.3) is 5.57 Å². The van der Waals surface area contributed by atoms with Crippen LogP contribution in [0.1, 0.15) is 22.5 Å². The van der Waals surface area contributed by atoms with Crippen LogP contribution in [0.3, 0.4) is 0 Å². The summed E-state index contributed by atoms with van der Waals surface area (Å²) in [5.74, 6) is -0.395. The zero-order chi connectivity index (χ0) is 21.4. The molecule has 1 aliphatic heterocycles. The van der Waals surface area contributed by atoms with Crippen molar-refractivity contribution in [2.45, 2.75) is 20.4 Å². The van der Waals surface area contributed by atoms with E-state index in [2.05, 4.69) is 5.32 Å². The average Bonchev–Trinajstić information content (AvgIpc) is 3.29. The molecule has 0 spiro atoms. The first-order valence-corrected chi connectivity index (χ1v) is 10.0. The van der Waals surface area contributed by atoms with Gasteiger partial charge in [0.15, 0.2) is 0 Å². The third-order valence-corrected chi connectivity index (χ3v) is 5.59. The minimum atomic E-state index is -0.452. The van der Waals surface area contributed by atoms with E-state index in [4.69, 9.17) is 27.6 Å². The highest BCUT2D eigenvalue weighted by Gasteiger charge is 2.40. The van der Waals surface area contributed by atoms with Crippen molar-refractivity contribution in [3.05, 3.63) is 93.0 Å². The molecule has 0 aliphatic carbocycles. The summed E-state index contributed by atoms with van der Waals surface area (Å²) in [5, 5.41) is 3.87. The van der Waals surface area contributed by atoms with Gasteiger partial charge >= 0.3 is 0 Å². The molecule has 4 rings (SSSR count). The van der Waals surface area contributed by atoms with E-state index in [1.54, 1.807) is 30.3 Å². The second-order valence-corrected chi connectivity index (χ2v) is 7.92. The molecule has 0 fully saturated rings. The Morgan fingerprint density at radius 1 is 0.967 bits per heavy atom. The quantitative estimate of drug-likeness (QED) is 0.524. The monoisotopic (exact) mass is 440 g/mol. The van der Waals surface area contributed by atoms with E-state index in [9.17, 15) is 9.59 Å². The fraction of sp³-hybridized carbons (Fsp3) is 0.130. The van der Waals surface area contributed by atoms with Gasteiger partial charge in [0.05, 0.1) is 23.4 Å². The molecule has 0 unspecified atom stereocenters. The summed E-state index contributed by atoms with van der Waals surface area (Å²) in [6.07, 6.45) is 1.50. The number of amides is 2. The van der Waals surface area contributed by atoms with Crippen LogP contribution < -0.4 is 5.32 Å². The van der Waals surface area contributed by atoms with E-state index in [1.807, 2.05) is 32.0 Å². The number of benzene rings is 2. The van der Waals surface area contributed by atoms with Crippen molar-refractivity contribution in [1.82, 2.24) is 4.90 Å². The number of aryl methyl sites for hydroxylation is 2. The van der Waals surface area contributed by atoms with Gasteiger partial charge in [0.1, 0.15) is 11.5 Å². The summed E-state index contributed by atoms with van der Waals surface area (Å²) < 4.78 is 5.33. The fourth-order valence-electron chi connectivity index (χ4n) is 3.30. The van der Waals surface area contributed by atoms with Gasteiger partial charge < -0.3 is 9.73 Å². The molecule has 2 amide bonds. The smallest absolute Gasteiger partial charge is 0.278 e. The number of rotatable bonds is 5. The second kappa shape index (κ2) is 8.01. The van der Waals surface area contributed by atoms with E-state index in [0.29, 0.717) is 22.0 Å². The Morgan fingerprint density at radius 3 is 2.43 bits per heavy atom. The maximum absolute atomic E-state index is 13.3. The van der Waals surface area contributed by atoms with Crippen molar-refractivity contribution in [2.24, 2.45) is 0 Å². The standard InChI is InChI=1S/C23H18Cl2N2O3/c1-13-5-7-16(10-14(13)2)26-21-20(18-8-6-15(24)11-19(18)25)22(28)27(23(21)29)12-17-4-3-9-30-17/h3-11,26H,12H2,1-2H3. The van der Waals surface area contributed by atoms with Crippen LogP contribution in [0.2, 0.25) is 10.0 Å². The third-order valence-electron chi connectivity index (χ3n) is 5.04. The highest BCUT2D eigenvalue weighted by Crippen LogP contribution is 2.36. The number of halogens is 2. The van der Waals surface area contributed by atoms with Gasteiger partial charge in [0, 0.05) is 16.3 Å². The van der Waals surface area contributed by atoms with Crippen LogP contribution >= 0.6 is 23.2 Å². The summed E-state index contributed by atoms with van der Waals surface area (Å²) >= 11 is 12.4. The molecule has 2 aromatic carbocycles. The largest absolute Gasteiger partial charge is 0.467 e. The summed E-state index contributed by atoms with van der Waals surface area (Å²) in [5.41, 5.74) is 3.70. The number of carbonyl (C=O) groups is 2. The molecule has 2 heterocycles. The number of nitrogens with one attached hydrogen (secondary N) is 1. The van der Waals surface area contributed by atoms with Crippen LogP contribution in [0.15, 0.2) is 64.9 Å². The lowest BCUT2D eigenvalue weighted by atomic mass is 10.0. The van der Waals surface area contributed by atoms with Crippen LogP contribution in [-0.2, 0) is 16.1 Å². The number of furan rings is 1. The van der Waals surface area contributed by atoms with Crippen molar-refractivity contribution in [3.63, 3.8) is 0 Å². The van der Waals surface area contributed by atoms with Gasteiger partial charge in [-0.2, -0.15) is 0 Å². The predicted octanol–water partition coefficient (Wildman–Crippen LogP) is 5.60. The summed E-state index contributed by atoms with van der Waals surface area (Å²) in [6.45, 7) is 4.01. The zero-order valence-electron chi connectivity index (χ0n) is 16.3. The van der Waals surface area contributed by atoms with Gasteiger partial charge in [0.2, 0.25) is 0 Å². The molecule has 0 radical (unpaired) electrons. The van der Waals surface area contributed by atoms with Gasteiger partial charge in [-0.25, -0.2) is 0 Å². The highest BCUT2D eigenvalue weighted by atomic mass is 35.5. The minimum absolute atomic E-state index is 0.0253. The minimum Gasteiger partial charge on any atom is -0.467 e. The highest BCUT2D eigenvalue weighted by molar-refractivity contribution is 6.41. The van der Waals surface area contributed by atoms with Gasteiger partial charge in [-0.05, 0) is 61.4 Å². The molecule has 1 aromatic heterocycles. The van der Waals surface area contributed by atoms with Crippen LogP contribution in [0, 0.1) is 13.8 Å². The van der Waals surface area contributed by atoms with Crippen molar-refractivity contribution >= 4 is 46.3 Å². The number of hydrogen-bond acceptors (Lipinski definition) is 4. The van der Waals surface area contributed by atoms with Crippen LogP contribution in [0.4, 0.5) is 5.69 Å². The number of carbonyl (C=O) groups excluding carboxylic acids is 2. The molecule has 0 atom stereocenters. The first kappa shape index (κ1) is 20.3. The van der Waals surface area contributed by atoms with E-state index in [0.717, 1.165) is 16.0 Å².